The summed E-state index contributed by atoms with van der Waals surface area (Å²) in [5.74, 6) is -0.590. The molecule has 1 aliphatic rings. The van der Waals surface area contributed by atoms with E-state index >= 15 is 0 Å². The maximum atomic E-state index is 13.7. The molecule has 3 aromatic rings. The third-order valence-corrected chi connectivity index (χ3v) is 8.45. The molecule has 0 saturated carbocycles. The van der Waals surface area contributed by atoms with Crippen LogP contribution < -0.4 is 15.4 Å². The molecule has 4 rings (SSSR count). The van der Waals surface area contributed by atoms with Gasteiger partial charge in [0.25, 0.3) is 10.0 Å². The Kier molecular flexibility index (Phi) is 8.11. The van der Waals surface area contributed by atoms with Crippen LogP contribution in [0.2, 0.25) is 15.1 Å². The Morgan fingerprint density at radius 2 is 1.78 bits per heavy atom. The Morgan fingerprint density at radius 3 is 2.43 bits per heavy atom. The van der Waals surface area contributed by atoms with Gasteiger partial charge >= 0.3 is 0 Å². The fourth-order valence-electron chi connectivity index (χ4n) is 4.02. The van der Waals surface area contributed by atoms with Crippen molar-refractivity contribution in [2.24, 2.45) is 5.73 Å². The highest BCUT2D eigenvalue weighted by Gasteiger charge is 2.36. The Morgan fingerprint density at radius 1 is 1.11 bits per heavy atom. The molecular formula is C25H23Cl3N4O4S. The van der Waals surface area contributed by atoms with Crippen LogP contribution in [0.5, 0.6) is 0 Å². The highest BCUT2D eigenvalue weighted by atomic mass is 35.5. The molecule has 194 valence electrons. The van der Waals surface area contributed by atoms with Crippen LogP contribution in [-0.2, 0) is 27.7 Å². The van der Waals surface area contributed by atoms with Gasteiger partial charge in [-0.25, -0.2) is 17.7 Å². The van der Waals surface area contributed by atoms with E-state index in [0.29, 0.717) is 17.7 Å². The maximum Gasteiger partial charge on any atom is 0.265 e. The highest BCUT2D eigenvalue weighted by molar-refractivity contribution is 7.92. The molecule has 1 amide bonds. The second-order valence-electron chi connectivity index (χ2n) is 8.67. The second kappa shape index (κ2) is 11.0. The van der Waals surface area contributed by atoms with Crippen LogP contribution in [0.1, 0.15) is 28.5 Å². The second-order valence-corrected chi connectivity index (χ2v) is 11.8. The molecule has 0 bridgehead atoms. The number of hydrogen-bond donors (Lipinski definition) is 2. The summed E-state index contributed by atoms with van der Waals surface area (Å²) in [6, 6.07) is 12.7. The molecule has 0 fully saturated rings. The van der Waals surface area contributed by atoms with Crippen molar-refractivity contribution in [1.82, 2.24) is 10.3 Å². The van der Waals surface area contributed by atoms with Crippen LogP contribution in [0.25, 0.3) is 0 Å². The zero-order valence-corrected chi connectivity index (χ0v) is 22.7. The van der Waals surface area contributed by atoms with Gasteiger partial charge in [-0.3, -0.25) is 9.59 Å². The van der Waals surface area contributed by atoms with Gasteiger partial charge in [-0.05, 0) is 55.3 Å². The molecule has 0 unspecified atom stereocenters. The number of amides is 1. The number of nitrogens with zero attached hydrogens (tertiary/aromatic N) is 2. The van der Waals surface area contributed by atoms with Crippen LogP contribution in [-0.4, -0.2) is 43.7 Å². The van der Waals surface area contributed by atoms with Crippen molar-refractivity contribution < 1.29 is 18.0 Å². The van der Waals surface area contributed by atoms with Crippen molar-refractivity contribution in [3.8, 4) is 0 Å². The predicted octanol–water partition coefficient (Wildman–Crippen LogP) is 4.05. The normalized spacial score (nSPS) is 16.1. The van der Waals surface area contributed by atoms with Crippen LogP contribution in [0.3, 0.4) is 0 Å². The Balaban J connectivity index is 1.73. The molecule has 0 aliphatic carbocycles. The summed E-state index contributed by atoms with van der Waals surface area (Å²) >= 11 is 18.4. The van der Waals surface area contributed by atoms with E-state index in [1.165, 1.54) is 18.2 Å². The summed E-state index contributed by atoms with van der Waals surface area (Å²) in [5.41, 5.74) is 6.78. The molecule has 0 spiro atoms. The van der Waals surface area contributed by atoms with E-state index < -0.39 is 28.0 Å². The number of nitrogens with one attached hydrogen (secondary N) is 1. The number of benzene rings is 2. The molecule has 2 atom stereocenters. The third-order valence-electron chi connectivity index (χ3n) is 5.83. The topological polar surface area (TPSA) is 122 Å². The van der Waals surface area contributed by atoms with Crippen LogP contribution in [0, 0.1) is 0 Å². The zero-order chi connectivity index (χ0) is 26.9. The summed E-state index contributed by atoms with van der Waals surface area (Å²) in [5, 5.41) is 3.48. The first-order chi connectivity index (χ1) is 17.5. The molecule has 0 saturated heterocycles. The van der Waals surface area contributed by atoms with E-state index in [4.69, 9.17) is 40.5 Å². The summed E-state index contributed by atoms with van der Waals surface area (Å²) in [4.78, 5) is 29.8. The number of sulfonamides is 1. The van der Waals surface area contributed by atoms with Crippen LogP contribution in [0.15, 0.2) is 59.5 Å². The molecule has 0 radical (unpaired) electrons. The van der Waals surface area contributed by atoms with E-state index in [2.05, 4.69) is 10.3 Å². The Hall–Kier alpha value is -2.69. The van der Waals surface area contributed by atoms with Crippen LogP contribution in [0.4, 0.5) is 5.82 Å². The smallest absolute Gasteiger partial charge is 0.265 e. The van der Waals surface area contributed by atoms with Gasteiger partial charge in [0.2, 0.25) is 5.91 Å². The van der Waals surface area contributed by atoms with Crippen molar-refractivity contribution in [2.45, 2.75) is 36.7 Å². The average molecular weight is 582 g/mol. The van der Waals surface area contributed by atoms with Gasteiger partial charge in [0, 0.05) is 5.02 Å². The van der Waals surface area contributed by atoms with E-state index in [-0.39, 0.29) is 50.1 Å². The summed E-state index contributed by atoms with van der Waals surface area (Å²) in [6.45, 7) is 1.46. The van der Waals surface area contributed by atoms with Gasteiger partial charge < -0.3 is 11.1 Å². The minimum Gasteiger partial charge on any atom is -0.350 e. The molecule has 8 nitrogen and oxygen atoms in total. The first-order valence-corrected chi connectivity index (χ1v) is 13.8. The van der Waals surface area contributed by atoms with Crippen molar-refractivity contribution in [3.05, 3.63) is 86.5 Å². The van der Waals surface area contributed by atoms with Gasteiger partial charge in [-0.1, -0.05) is 53.0 Å². The first kappa shape index (κ1) is 27.3. The lowest BCUT2D eigenvalue weighted by Crippen LogP contribution is -2.53. The first-order valence-electron chi connectivity index (χ1n) is 11.3. The van der Waals surface area contributed by atoms with Crippen molar-refractivity contribution in [3.63, 3.8) is 0 Å². The van der Waals surface area contributed by atoms with E-state index in [0.717, 1.165) is 4.31 Å². The number of rotatable bonds is 7. The van der Waals surface area contributed by atoms with Gasteiger partial charge in [-0.2, -0.15) is 0 Å². The molecule has 1 aromatic heterocycles. The molecule has 3 N–H and O–H groups in total. The van der Waals surface area contributed by atoms with Gasteiger partial charge in [0.15, 0.2) is 5.78 Å². The molecule has 2 heterocycles. The minimum absolute atomic E-state index is 0.0313. The Bertz CT molecular complexity index is 1460. The number of carbonyl (C=O) groups is 2. The maximum absolute atomic E-state index is 13.7. The standard InChI is InChI=1S/C25H23Cl3N4O4S/c1-14(29)25(34)31-18-10-15-8-9-17(12-22(33)23-20(27)6-3-7-21(23)28)30-24(15)32(13-18)37(35,36)19-5-2-4-16(26)11-19/h2-9,11,14,18H,10,12-13,29H2,1H3,(H,31,34)/t14-,18+/m0/s1. The number of fused-ring (bicyclic) bond motifs is 1. The van der Waals surface area contributed by atoms with Gasteiger partial charge in [0.1, 0.15) is 5.82 Å². The number of hydrogen-bond acceptors (Lipinski definition) is 6. The van der Waals surface area contributed by atoms with Crippen molar-refractivity contribution in [1.29, 1.82) is 0 Å². The zero-order valence-electron chi connectivity index (χ0n) is 19.6. The number of aromatic nitrogens is 1. The van der Waals surface area contributed by atoms with Crippen LogP contribution >= 0.6 is 34.8 Å². The van der Waals surface area contributed by atoms with Gasteiger partial charge in [-0.15, -0.1) is 0 Å². The van der Waals surface area contributed by atoms with Crippen molar-refractivity contribution >= 4 is 62.3 Å². The Labute approximate surface area is 229 Å². The number of nitrogens with two attached hydrogens (primary N) is 1. The molecule has 37 heavy (non-hydrogen) atoms. The summed E-state index contributed by atoms with van der Waals surface area (Å²) < 4.78 is 28.5. The number of ketones is 1. The number of Topliss-reactive ketones (excluding diaryl/α,β-unsaturated/α-hetero) is 1. The molecular weight excluding hydrogens is 559 g/mol. The largest absolute Gasteiger partial charge is 0.350 e. The fraction of sp³-hybridized carbons (Fsp3) is 0.240. The third kappa shape index (κ3) is 5.91. The number of carbonyl (C=O) groups excluding carboxylic acids is 2. The average Bonchev–Trinajstić information content (AvgIpc) is 2.83. The fourth-order valence-corrected chi connectivity index (χ4v) is 6.43. The predicted molar refractivity (Wildman–Crippen MR) is 144 cm³/mol. The number of halogens is 3. The SMILES string of the molecule is C[C@H](N)C(=O)N[C@@H]1Cc2ccc(CC(=O)c3c(Cl)cccc3Cl)nc2N(S(=O)(=O)c2cccc(Cl)c2)C1. The highest BCUT2D eigenvalue weighted by Crippen LogP contribution is 2.32. The molecule has 12 heteroatoms. The van der Waals surface area contributed by atoms with Crippen molar-refractivity contribution in [2.75, 3.05) is 10.8 Å². The monoisotopic (exact) mass is 580 g/mol. The lowest BCUT2D eigenvalue weighted by molar-refractivity contribution is -0.122. The van der Waals surface area contributed by atoms with E-state index in [9.17, 15) is 18.0 Å². The molecule has 1 aliphatic heterocycles. The number of pyridine rings is 1. The lowest BCUT2D eigenvalue weighted by Gasteiger charge is -2.35. The summed E-state index contributed by atoms with van der Waals surface area (Å²) in [7, 11) is -4.12. The van der Waals surface area contributed by atoms with E-state index in [1.807, 2.05) is 0 Å². The lowest BCUT2D eigenvalue weighted by atomic mass is 10.0. The quantitative estimate of drug-likeness (QED) is 0.406. The van der Waals surface area contributed by atoms with E-state index in [1.54, 1.807) is 43.3 Å². The number of anilines is 1. The summed E-state index contributed by atoms with van der Waals surface area (Å²) in [6.07, 6.45) is 0.180. The minimum atomic E-state index is -4.12. The van der Waals surface area contributed by atoms with Gasteiger partial charge in [0.05, 0.1) is 51.2 Å². The molecule has 2 aromatic carbocycles.